The van der Waals surface area contributed by atoms with E-state index in [0.29, 0.717) is 17.6 Å². The molecule has 7 aromatic carbocycles. The molecule has 0 amide bonds. The lowest BCUT2D eigenvalue weighted by atomic mass is 9.97. The van der Waals surface area contributed by atoms with Crippen LogP contribution < -0.4 is 0 Å². The van der Waals surface area contributed by atoms with E-state index in [9.17, 15) is 0 Å². The molecule has 0 saturated heterocycles. The first-order valence-electron chi connectivity index (χ1n) is 16.7. The van der Waals surface area contributed by atoms with Gasteiger partial charge in [0, 0.05) is 32.7 Å². The SMILES string of the molecule is c1ccc(-c2ccc(-c3nc(-c4cc(-c5ccccc5)c5c(c4)oc4ccccc45)nc(-n4c5ccccc5c5ccccc54)n3)cc2)cc1. The predicted octanol–water partition coefficient (Wildman–Crippen LogP) is 11.5. The molecule has 0 aliphatic carbocycles. The summed E-state index contributed by atoms with van der Waals surface area (Å²) in [6.07, 6.45) is 0. The summed E-state index contributed by atoms with van der Waals surface area (Å²) < 4.78 is 8.64. The van der Waals surface area contributed by atoms with Crippen LogP contribution in [0.2, 0.25) is 0 Å². The van der Waals surface area contributed by atoms with E-state index in [-0.39, 0.29) is 0 Å². The molecule has 0 N–H and O–H groups in total. The van der Waals surface area contributed by atoms with Gasteiger partial charge in [0.05, 0.1) is 11.0 Å². The zero-order valence-corrected chi connectivity index (χ0v) is 26.9. The largest absolute Gasteiger partial charge is 0.456 e. The Morgan fingerprint density at radius 2 is 0.900 bits per heavy atom. The number of rotatable bonds is 5. The summed E-state index contributed by atoms with van der Waals surface area (Å²) >= 11 is 0. The first-order valence-corrected chi connectivity index (χ1v) is 16.7. The maximum atomic E-state index is 6.49. The minimum Gasteiger partial charge on any atom is -0.456 e. The first-order chi connectivity index (χ1) is 24.8. The van der Waals surface area contributed by atoms with Gasteiger partial charge >= 0.3 is 0 Å². The third-order valence-electron chi connectivity index (χ3n) is 9.48. The van der Waals surface area contributed by atoms with Gasteiger partial charge in [0.1, 0.15) is 11.2 Å². The molecule has 3 heterocycles. The van der Waals surface area contributed by atoms with Crippen LogP contribution in [0.25, 0.3) is 94.7 Å². The summed E-state index contributed by atoms with van der Waals surface area (Å²) in [6, 6.07) is 58.6. The number of nitrogens with zero attached hydrogens (tertiary/aromatic N) is 4. The zero-order valence-electron chi connectivity index (χ0n) is 26.9. The summed E-state index contributed by atoms with van der Waals surface area (Å²) in [4.78, 5) is 15.6. The van der Waals surface area contributed by atoms with E-state index < -0.39 is 0 Å². The van der Waals surface area contributed by atoms with Gasteiger partial charge in [-0.25, -0.2) is 4.98 Å². The second kappa shape index (κ2) is 11.4. The lowest BCUT2D eigenvalue weighted by molar-refractivity contribution is 0.669. The fourth-order valence-corrected chi connectivity index (χ4v) is 7.13. The highest BCUT2D eigenvalue weighted by molar-refractivity contribution is 6.13. The van der Waals surface area contributed by atoms with Crippen LogP contribution in [0, 0.1) is 0 Å². The van der Waals surface area contributed by atoms with Crippen LogP contribution >= 0.6 is 0 Å². The quantitative estimate of drug-likeness (QED) is 0.188. The van der Waals surface area contributed by atoms with Crippen LogP contribution in [-0.4, -0.2) is 19.5 Å². The standard InChI is InChI=1S/C45H28N4O/c1-3-13-29(14-4-1)30-23-25-32(26-24-30)43-46-44(48-45(47-43)49-38-20-10-7-17-34(38)35-18-8-11-21-39(35)49)33-27-37(31-15-5-2-6-16-31)42-36-19-9-12-22-40(36)50-41(42)28-33/h1-28H. The number of para-hydroxylation sites is 3. The third kappa shape index (κ3) is 4.60. The van der Waals surface area contributed by atoms with Crippen molar-refractivity contribution in [2.75, 3.05) is 0 Å². The number of aromatic nitrogens is 4. The van der Waals surface area contributed by atoms with Crippen LogP contribution in [0.3, 0.4) is 0 Å². The van der Waals surface area contributed by atoms with Crippen molar-refractivity contribution >= 4 is 43.7 Å². The second-order valence-corrected chi connectivity index (χ2v) is 12.5. The number of furan rings is 1. The fourth-order valence-electron chi connectivity index (χ4n) is 7.13. The van der Waals surface area contributed by atoms with Crippen molar-refractivity contribution in [3.05, 3.63) is 170 Å². The van der Waals surface area contributed by atoms with E-state index in [1.165, 1.54) is 0 Å². The predicted molar refractivity (Wildman–Crippen MR) is 203 cm³/mol. The molecule has 5 nitrogen and oxygen atoms in total. The molecule has 10 aromatic rings. The van der Waals surface area contributed by atoms with E-state index in [1.54, 1.807) is 0 Å². The summed E-state index contributed by atoms with van der Waals surface area (Å²) in [7, 11) is 0. The Bertz CT molecular complexity index is 2800. The molecule has 0 atom stereocenters. The van der Waals surface area contributed by atoms with Gasteiger partial charge in [-0.15, -0.1) is 0 Å². The van der Waals surface area contributed by atoms with Crippen molar-refractivity contribution in [3.63, 3.8) is 0 Å². The molecule has 5 heteroatoms. The normalized spacial score (nSPS) is 11.6. The Balaban J connectivity index is 1.24. The van der Waals surface area contributed by atoms with E-state index in [4.69, 9.17) is 19.4 Å². The smallest absolute Gasteiger partial charge is 0.238 e. The zero-order chi connectivity index (χ0) is 33.0. The van der Waals surface area contributed by atoms with Crippen LogP contribution in [0.15, 0.2) is 174 Å². The molecule has 234 valence electrons. The van der Waals surface area contributed by atoms with Crippen LogP contribution in [0.1, 0.15) is 0 Å². The number of fused-ring (bicyclic) bond motifs is 6. The van der Waals surface area contributed by atoms with Gasteiger partial charge in [-0.05, 0) is 52.6 Å². The minimum atomic E-state index is 0.556. The Hall–Kier alpha value is -6.85. The minimum absolute atomic E-state index is 0.556. The first kappa shape index (κ1) is 28.2. The summed E-state index contributed by atoms with van der Waals surface area (Å²) in [5, 5.41) is 4.44. The van der Waals surface area contributed by atoms with E-state index in [2.05, 4.69) is 150 Å². The molecule has 0 aliphatic heterocycles. The average molecular weight is 641 g/mol. The molecule has 50 heavy (non-hydrogen) atoms. The van der Waals surface area contributed by atoms with Crippen molar-refractivity contribution in [2.45, 2.75) is 0 Å². The van der Waals surface area contributed by atoms with Gasteiger partial charge in [-0.3, -0.25) is 4.57 Å². The maximum absolute atomic E-state index is 6.49. The fraction of sp³-hybridized carbons (Fsp3) is 0. The van der Waals surface area contributed by atoms with Crippen molar-refractivity contribution in [1.82, 2.24) is 19.5 Å². The van der Waals surface area contributed by atoms with Gasteiger partial charge < -0.3 is 4.42 Å². The molecule has 3 aromatic heterocycles. The molecular weight excluding hydrogens is 613 g/mol. The highest BCUT2D eigenvalue weighted by atomic mass is 16.3. The molecule has 0 unspecified atom stereocenters. The van der Waals surface area contributed by atoms with Crippen LogP contribution in [-0.2, 0) is 0 Å². The average Bonchev–Trinajstić information content (AvgIpc) is 3.74. The van der Waals surface area contributed by atoms with Crippen molar-refractivity contribution in [3.8, 4) is 51.0 Å². The molecule has 0 spiro atoms. The monoisotopic (exact) mass is 640 g/mol. The molecule has 0 aliphatic rings. The van der Waals surface area contributed by atoms with Crippen molar-refractivity contribution in [2.24, 2.45) is 0 Å². The topological polar surface area (TPSA) is 56.7 Å². The van der Waals surface area contributed by atoms with E-state index in [0.717, 1.165) is 77.1 Å². The Kier molecular flexibility index (Phi) is 6.42. The van der Waals surface area contributed by atoms with Crippen molar-refractivity contribution in [1.29, 1.82) is 0 Å². The third-order valence-corrected chi connectivity index (χ3v) is 9.48. The molecule has 10 rings (SSSR count). The van der Waals surface area contributed by atoms with E-state index >= 15 is 0 Å². The summed E-state index contributed by atoms with van der Waals surface area (Å²) in [6.45, 7) is 0. The highest BCUT2D eigenvalue weighted by Gasteiger charge is 2.20. The molecule has 0 radical (unpaired) electrons. The number of benzene rings is 7. The van der Waals surface area contributed by atoms with Crippen LogP contribution in [0.5, 0.6) is 0 Å². The Morgan fingerprint density at radius 3 is 1.58 bits per heavy atom. The molecular formula is C45H28N4O. The van der Waals surface area contributed by atoms with Crippen molar-refractivity contribution < 1.29 is 4.42 Å². The van der Waals surface area contributed by atoms with Gasteiger partial charge in [-0.2, -0.15) is 9.97 Å². The highest BCUT2D eigenvalue weighted by Crippen LogP contribution is 2.40. The van der Waals surface area contributed by atoms with Crippen LogP contribution in [0.4, 0.5) is 0 Å². The van der Waals surface area contributed by atoms with Gasteiger partial charge in [0.25, 0.3) is 0 Å². The maximum Gasteiger partial charge on any atom is 0.238 e. The molecule has 0 bridgehead atoms. The number of hydrogen-bond donors (Lipinski definition) is 0. The van der Waals surface area contributed by atoms with E-state index in [1.807, 2.05) is 24.3 Å². The van der Waals surface area contributed by atoms with Gasteiger partial charge in [0.2, 0.25) is 5.95 Å². The molecule has 0 fully saturated rings. The van der Waals surface area contributed by atoms with Gasteiger partial charge in [-0.1, -0.05) is 140 Å². The number of hydrogen-bond acceptors (Lipinski definition) is 4. The molecule has 0 saturated carbocycles. The summed E-state index contributed by atoms with van der Waals surface area (Å²) in [5.74, 6) is 1.72. The van der Waals surface area contributed by atoms with Gasteiger partial charge in [0.15, 0.2) is 11.6 Å². The lowest BCUT2D eigenvalue weighted by Gasteiger charge is -2.12. The Labute approximate surface area is 287 Å². The lowest BCUT2D eigenvalue weighted by Crippen LogP contribution is -2.06. The second-order valence-electron chi connectivity index (χ2n) is 12.5. The summed E-state index contributed by atoms with van der Waals surface area (Å²) in [5.41, 5.74) is 9.92. The Morgan fingerprint density at radius 1 is 0.380 bits per heavy atom.